The Hall–Kier alpha value is -1.32. The third kappa shape index (κ3) is 5.82. The minimum Gasteiger partial charge on any atom is -0.461 e. The number of amides is 1. The molecular formula is C14H22IN3O4. The normalized spacial score (nSPS) is 12.6. The zero-order valence-electron chi connectivity index (χ0n) is 13.5. The van der Waals surface area contributed by atoms with Crippen molar-refractivity contribution in [2.45, 2.75) is 52.8 Å². The van der Waals surface area contributed by atoms with E-state index < -0.39 is 17.7 Å². The zero-order chi connectivity index (χ0) is 16.9. The van der Waals surface area contributed by atoms with Gasteiger partial charge in [-0.05, 0) is 57.2 Å². The van der Waals surface area contributed by atoms with E-state index in [9.17, 15) is 9.59 Å². The van der Waals surface area contributed by atoms with E-state index in [-0.39, 0.29) is 6.04 Å². The van der Waals surface area contributed by atoms with Gasteiger partial charge in [-0.3, -0.25) is 4.68 Å². The Morgan fingerprint density at radius 1 is 1.45 bits per heavy atom. The molecule has 0 saturated carbocycles. The summed E-state index contributed by atoms with van der Waals surface area (Å²) in [5.74, 6) is -0.422. The van der Waals surface area contributed by atoms with Crippen molar-refractivity contribution in [3.05, 3.63) is 15.5 Å². The molecule has 0 aliphatic rings. The third-order valence-electron chi connectivity index (χ3n) is 2.47. The average Bonchev–Trinajstić information content (AvgIpc) is 2.67. The van der Waals surface area contributed by atoms with Gasteiger partial charge in [-0.25, -0.2) is 9.59 Å². The Morgan fingerprint density at radius 3 is 2.64 bits per heavy atom. The SMILES string of the molecule is CCOC(=O)c1c(I)cnn1C[C@@H](C)NC(=O)OC(C)(C)C. The number of aromatic nitrogens is 2. The minimum absolute atomic E-state index is 0.251. The Balaban J connectivity index is 2.71. The van der Waals surface area contributed by atoms with Crippen LogP contribution in [-0.4, -0.2) is 40.1 Å². The summed E-state index contributed by atoms with van der Waals surface area (Å²) in [5, 5.41) is 6.87. The van der Waals surface area contributed by atoms with E-state index in [2.05, 4.69) is 10.4 Å². The molecule has 1 rings (SSSR count). The fraction of sp³-hybridized carbons (Fsp3) is 0.643. The highest BCUT2D eigenvalue weighted by atomic mass is 127. The molecule has 1 aromatic rings. The number of halogens is 1. The summed E-state index contributed by atoms with van der Waals surface area (Å²) in [6.07, 6.45) is 1.09. The van der Waals surface area contributed by atoms with E-state index >= 15 is 0 Å². The number of nitrogens with zero attached hydrogens (tertiary/aromatic N) is 2. The molecule has 1 heterocycles. The lowest BCUT2D eigenvalue weighted by Gasteiger charge is -2.22. The predicted molar refractivity (Wildman–Crippen MR) is 89.7 cm³/mol. The van der Waals surface area contributed by atoms with Crippen molar-refractivity contribution in [3.8, 4) is 0 Å². The van der Waals surface area contributed by atoms with Crippen LogP contribution in [0.2, 0.25) is 0 Å². The number of hydrogen-bond acceptors (Lipinski definition) is 5. The lowest BCUT2D eigenvalue weighted by atomic mass is 10.2. The number of esters is 1. The van der Waals surface area contributed by atoms with Crippen LogP contribution in [0.1, 0.15) is 45.1 Å². The minimum atomic E-state index is -0.555. The number of ether oxygens (including phenoxy) is 2. The molecule has 1 aromatic heterocycles. The van der Waals surface area contributed by atoms with Gasteiger partial charge in [0.1, 0.15) is 5.60 Å². The molecule has 0 aliphatic heterocycles. The second-order valence-electron chi connectivity index (χ2n) is 5.79. The Kier molecular flexibility index (Phi) is 6.64. The monoisotopic (exact) mass is 423 g/mol. The second kappa shape index (κ2) is 7.80. The van der Waals surface area contributed by atoms with Gasteiger partial charge in [0.2, 0.25) is 0 Å². The van der Waals surface area contributed by atoms with E-state index in [1.54, 1.807) is 33.9 Å². The van der Waals surface area contributed by atoms with Gasteiger partial charge < -0.3 is 14.8 Å². The molecule has 22 heavy (non-hydrogen) atoms. The summed E-state index contributed by atoms with van der Waals surface area (Å²) >= 11 is 2.03. The number of carbonyl (C=O) groups excluding carboxylic acids is 2. The molecule has 0 bridgehead atoms. The molecule has 0 radical (unpaired) electrons. The van der Waals surface area contributed by atoms with Crippen molar-refractivity contribution in [2.24, 2.45) is 0 Å². The Labute approximate surface area is 143 Å². The average molecular weight is 423 g/mol. The highest BCUT2D eigenvalue weighted by Gasteiger charge is 2.21. The van der Waals surface area contributed by atoms with Gasteiger partial charge in [-0.15, -0.1) is 0 Å². The molecule has 124 valence electrons. The maximum atomic E-state index is 11.9. The Morgan fingerprint density at radius 2 is 2.09 bits per heavy atom. The van der Waals surface area contributed by atoms with Crippen molar-refractivity contribution in [1.29, 1.82) is 0 Å². The fourth-order valence-corrected chi connectivity index (χ4v) is 2.34. The summed E-state index contributed by atoms with van der Waals surface area (Å²) in [6.45, 7) is 9.59. The van der Waals surface area contributed by atoms with Crippen molar-refractivity contribution in [3.63, 3.8) is 0 Å². The smallest absolute Gasteiger partial charge is 0.407 e. The number of carbonyl (C=O) groups is 2. The highest BCUT2D eigenvalue weighted by molar-refractivity contribution is 14.1. The van der Waals surface area contributed by atoms with Gasteiger partial charge >= 0.3 is 12.1 Å². The molecular weight excluding hydrogens is 401 g/mol. The first kappa shape index (κ1) is 18.7. The van der Waals surface area contributed by atoms with E-state index in [1.165, 1.54) is 4.68 Å². The van der Waals surface area contributed by atoms with Crippen LogP contribution < -0.4 is 5.32 Å². The number of alkyl carbamates (subject to hydrolysis) is 1. The van der Waals surface area contributed by atoms with Crippen molar-refractivity contribution >= 4 is 34.7 Å². The zero-order valence-corrected chi connectivity index (χ0v) is 15.6. The van der Waals surface area contributed by atoms with Gasteiger partial charge in [0.05, 0.1) is 22.9 Å². The van der Waals surface area contributed by atoms with E-state index in [1.807, 2.05) is 29.5 Å². The van der Waals surface area contributed by atoms with Gasteiger partial charge in [0, 0.05) is 6.04 Å². The van der Waals surface area contributed by atoms with E-state index in [0.717, 1.165) is 0 Å². The van der Waals surface area contributed by atoms with E-state index in [0.29, 0.717) is 22.4 Å². The first-order valence-corrected chi connectivity index (χ1v) is 8.10. The maximum absolute atomic E-state index is 11.9. The van der Waals surface area contributed by atoms with Crippen LogP contribution in [0.5, 0.6) is 0 Å². The van der Waals surface area contributed by atoms with Gasteiger partial charge in [0.25, 0.3) is 0 Å². The van der Waals surface area contributed by atoms with Crippen LogP contribution >= 0.6 is 22.6 Å². The quantitative estimate of drug-likeness (QED) is 0.582. The van der Waals surface area contributed by atoms with Crippen LogP contribution in [-0.2, 0) is 16.0 Å². The summed E-state index contributed by atoms with van der Waals surface area (Å²) in [6, 6.07) is -0.251. The standard InChI is InChI=1S/C14H22IN3O4/c1-6-21-12(19)11-10(15)7-16-18(11)8-9(2)17-13(20)22-14(3,4)5/h7,9H,6,8H2,1-5H3,(H,17,20)/t9-/m1/s1. The molecule has 0 aliphatic carbocycles. The summed E-state index contributed by atoms with van der Waals surface area (Å²) in [5.41, 5.74) is -0.165. The second-order valence-corrected chi connectivity index (χ2v) is 6.95. The molecule has 8 heteroatoms. The molecule has 1 atom stereocenters. The summed E-state index contributed by atoms with van der Waals surface area (Å²) < 4.78 is 12.5. The van der Waals surface area contributed by atoms with Gasteiger partial charge in [-0.2, -0.15) is 5.10 Å². The molecule has 0 fully saturated rings. The largest absolute Gasteiger partial charge is 0.461 e. The maximum Gasteiger partial charge on any atom is 0.407 e. The van der Waals surface area contributed by atoms with Crippen molar-refractivity contribution in [1.82, 2.24) is 15.1 Å². The Bertz CT molecular complexity index is 537. The predicted octanol–water partition coefficient (Wildman–Crippen LogP) is 2.58. The highest BCUT2D eigenvalue weighted by Crippen LogP contribution is 2.14. The van der Waals surface area contributed by atoms with Crippen molar-refractivity contribution < 1.29 is 19.1 Å². The first-order chi connectivity index (χ1) is 10.1. The molecule has 1 amide bonds. The molecule has 0 saturated heterocycles. The van der Waals surface area contributed by atoms with Crippen LogP contribution in [0, 0.1) is 3.57 Å². The summed E-state index contributed by atoms with van der Waals surface area (Å²) in [4.78, 5) is 23.7. The van der Waals surface area contributed by atoms with Crippen LogP contribution in [0.3, 0.4) is 0 Å². The lowest BCUT2D eigenvalue weighted by molar-refractivity contribution is 0.0501. The van der Waals surface area contributed by atoms with Gasteiger partial charge in [0.15, 0.2) is 5.69 Å². The lowest BCUT2D eigenvalue weighted by Crippen LogP contribution is -2.40. The fourth-order valence-electron chi connectivity index (χ4n) is 1.72. The molecule has 0 spiro atoms. The van der Waals surface area contributed by atoms with E-state index in [4.69, 9.17) is 9.47 Å². The molecule has 0 unspecified atom stereocenters. The van der Waals surface area contributed by atoms with Crippen LogP contribution in [0.15, 0.2) is 6.20 Å². The number of nitrogens with one attached hydrogen (secondary N) is 1. The van der Waals surface area contributed by atoms with Crippen LogP contribution in [0.4, 0.5) is 4.79 Å². The molecule has 7 nitrogen and oxygen atoms in total. The van der Waals surface area contributed by atoms with Crippen molar-refractivity contribution in [2.75, 3.05) is 6.61 Å². The summed E-state index contributed by atoms with van der Waals surface area (Å²) in [7, 11) is 0. The molecule has 1 N–H and O–H groups in total. The molecule has 0 aromatic carbocycles. The van der Waals surface area contributed by atoms with Crippen LogP contribution in [0.25, 0.3) is 0 Å². The third-order valence-corrected chi connectivity index (χ3v) is 3.26. The first-order valence-electron chi connectivity index (χ1n) is 7.02. The number of rotatable bonds is 5. The topological polar surface area (TPSA) is 82.5 Å². The number of hydrogen-bond donors (Lipinski definition) is 1. The van der Waals surface area contributed by atoms with Gasteiger partial charge in [-0.1, -0.05) is 0 Å².